The lowest BCUT2D eigenvalue weighted by Gasteiger charge is -2.39. The molecular formula is C40H49N4O9P. The van der Waals surface area contributed by atoms with Crippen molar-refractivity contribution in [2.75, 3.05) is 34.4 Å². The van der Waals surface area contributed by atoms with E-state index in [1.807, 2.05) is 44.5 Å². The first-order chi connectivity index (χ1) is 27.9. The lowest BCUT2D eigenvalue weighted by Crippen LogP contribution is -2.43. The monoisotopic (exact) mass is 765 g/mol. The molecule has 0 spiro atoms. The summed E-state index contributed by atoms with van der Waals surface area (Å²) in [6, 6.07) is 25.4. The van der Waals surface area contributed by atoms with E-state index in [0.717, 1.165) is 16.8 Å². The van der Waals surface area contributed by atoms with Crippen molar-refractivity contribution in [3.63, 3.8) is 0 Å². The minimum Gasteiger partial charge on any atom is -0.497 e. The molecule has 1 aliphatic rings. The van der Waals surface area contributed by atoms with Crippen LogP contribution in [0.3, 0.4) is 0 Å². The standard InChI is InChI=1S/C40H49N4O9P/c1-27(2)44(28(3)4)54(51-25-11-23-41)53-36-34(52-38(37(36)49-7)43-24-22-35(45)42-39(43)46)26-50-40(29-12-9-8-10-13-29,30-14-18-32(47-5)19-15-30)31-16-20-33(48-6)21-17-31/h8-10,12-22,24,27-28,34,36-38H,11,25-26H2,1-7H3,(H,42,45,46)/t34-,36-,37-,38-,54?/m1/s1/i7D3,26D2. The summed E-state index contributed by atoms with van der Waals surface area (Å²) in [7, 11) is -2.28. The van der Waals surface area contributed by atoms with E-state index in [2.05, 4.69) is 4.98 Å². The van der Waals surface area contributed by atoms with Crippen molar-refractivity contribution < 1.29 is 39.6 Å². The van der Waals surface area contributed by atoms with Crippen molar-refractivity contribution in [1.29, 1.82) is 5.26 Å². The lowest BCUT2D eigenvalue weighted by molar-refractivity contribution is -0.0957. The van der Waals surface area contributed by atoms with Gasteiger partial charge in [-0.2, -0.15) is 5.26 Å². The van der Waals surface area contributed by atoms with Crippen molar-refractivity contribution in [3.8, 4) is 17.6 Å². The average molecular weight is 766 g/mol. The van der Waals surface area contributed by atoms with Crippen LogP contribution in [0.15, 0.2) is 101 Å². The number of ether oxygens (including phenoxy) is 5. The molecule has 13 nitrogen and oxygen atoms in total. The maximum absolute atomic E-state index is 13.4. The fourth-order valence-electron chi connectivity index (χ4n) is 6.37. The molecule has 4 aromatic rings. The highest BCUT2D eigenvalue weighted by Gasteiger charge is 2.51. The molecule has 288 valence electrons. The molecule has 0 bridgehead atoms. The van der Waals surface area contributed by atoms with E-state index in [0.29, 0.717) is 28.2 Å². The fraction of sp³-hybridized carbons (Fsp3) is 0.425. The zero-order valence-corrected chi connectivity index (χ0v) is 31.9. The van der Waals surface area contributed by atoms with Crippen LogP contribution in [0.1, 0.15) is 63.9 Å². The summed E-state index contributed by atoms with van der Waals surface area (Å²) in [4.78, 5) is 27.7. The highest BCUT2D eigenvalue weighted by Crippen LogP contribution is 2.51. The molecule has 0 aliphatic carbocycles. The molecule has 0 saturated carbocycles. The normalized spacial score (nSPS) is 21.1. The number of H-pyrrole nitrogens is 1. The Kier molecular flexibility index (Phi) is 11.9. The quantitative estimate of drug-likeness (QED) is 0.0709. The van der Waals surface area contributed by atoms with E-state index in [1.54, 1.807) is 72.8 Å². The summed E-state index contributed by atoms with van der Waals surface area (Å²) in [5.41, 5.74) is -2.00. The summed E-state index contributed by atoms with van der Waals surface area (Å²) < 4.78 is 90.0. The molecule has 0 radical (unpaired) electrons. The first-order valence-electron chi connectivity index (χ1n) is 19.9. The zero-order chi connectivity index (χ0) is 43.1. The number of nitrogens with zero attached hydrogens (tertiary/aromatic N) is 3. The van der Waals surface area contributed by atoms with E-state index in [4.69, 9.17) is 36.8 Å². The Morgan fingerprint density at radius 2 is 1.52 bits per heavy atom. The molecular weight excluding hydrogens is 711 g/mol. The molecule has 1 N–H and O–H groups in total. The van der Waals surface area contributed by atoms with Crippen LogP contribution in [-0.2, 0) is 28.9 Å². The number of rotatable bonds is 18. The number of aromatic nitrogens is 2. The lowest BCUT2D eigenvalue weighted by atomic mass is 9.80. The van der Waals surface area contributed by atoms with E-state index in [-0.39, 0.29) is 25.1 Å². The number of aromatic amines is 1. The smallest absolute Gasteiger partial charge is 0.330 e. The van der Waals surface area contributed by atoms with E-state index in [1.165, 1.54) is 14.2 Å². The van der Waals surface area contributed by atoms with E-state index < -0.39 is 63.5 Å². The number of hydrogen-bond acceptors (Lipinski definition) is 11. The molecule has 1 aromatic heterocycles. The van der Waals surface area contributed by atoms with Gasteiger partial charge in [-0.3, -0.25) is 14.3 Å². The molecule has 0 amide bonds. The predicted octanol–water partition coefficient (Wildman–Crippen LogP) is 6.14. The van der Waals surface area contributed by atoms with Gasteiger partial charge in [0, 0.05) is 31.4 Å². The van der Waals surface area contributed by atoms with Crippen LogP contribution in [0.4, 0.5) is 0 Å². The first-order valence-corrected chi connectivity index (χ1v) is 18.5. The maximum Gasteiger partial charge on any atom is 0.330 e. The van der Waals surface area contributed by atoms with Crippen LogP contribution in [-0.4, -0.2) is 79.0 Å². The minimum atomic E-state index is -3.12. The highest BCUT2D eigenvalue weighted by molar-refractivity contribution is 7.44. The Morgan fingerprint density at radius 3 is 2.04 bits per heavy atom. The van der Waals surface area contributed by atoms with Gasteiger partial charge < -0.3 is 32.7 Å². The Balaban J connectivity index is 1.77. The number of nitriles is 1. The second-order valence-corrected chi connectivity index (χ2v) is 14.3. The van der Waals surface area contributed by atoms with Gasteiger partial charge in [-0.05, 0) is 68.7 Å². The van der Waals surface area contributed by atoms with Crippen LogP contribution in [0.5, 0.6) is 11.5 Å². The summed E-state index contributed by atoms with van der Waals surface area (Å²) in [6.45, 7) is 4.58. The Hall–Kier alpha value is -4.38. The van der Waals surface area contributed by atoms with Crippen molar-refractivity contribution in [2.24, 2.45) is 0 Å². The van der Waals surface area contributed by atoms with Crippen molar-refractivity contribution in [1.82, 2.24) is 14.2 Å². The second-order valence-electron chi connectivity index (χ2n) is 12.9. The van der Waals surface area contributed by atoms with Crippen molar-refractivity contribution in [2.45, 2.75) is 76.3 Å². The van der Waals surface area contributed by atoms with Crippen LogP contribution < -0.4 is 20.7 Å². The molecule has 1 saturated heterocycles. The molecule has 1 unspecified atom stereocenters. The van der Waals surface area contributed by atoms with Gasteiger partial charge in [0.05, 0.1) is 46.7 Å². The van der Waals surface area contributed by atoms with Gasteiger partial charge in [0.25, 0.3) is 14.1 Å². The molecule has 1 aliphatic heterocycles. The average Bonchev–Trinajstić information content (AvgIpc) is 3.53. The Bertz CT molecular complexity index is 2080. The third kappa shape index (κ3) is 8.94. The van der Waals surface area contributed by atoms with Gasteiger partial charge >= 0.3 is 5.69 Å². The fourth-order valence-corrected chi connectivity index (χ4v) is 8.12. The summed E-state index contributed by atoms with van der Waals surface area (Å²) in [5.74, 6) is 1.06. The van der Waals surface area contributed by atoms with E-state index in [9.17, 15) is 17.6 Å². The van der Waals surface area contributed by atoms with Gasteiger partial charge in [-0.1, -0.05) is 54.6 Å². The second kappa shape index (κ2) is 18.8. The van der Waals surface area contributed by atoms with Crippen LogP contribution in [0.2, 0.25) is 0 Å². The first kappa shape index (κ1) is 34.1. The third-order valence-corrected chi connectivity index (χ3v) is 11.0. The Morgan fingerprint density at radius 1 is 0.926 bits per heavy atom. The van der Waals surface area contributed by atoms with Gasteiger partial charge in [-0.15, -0.1) is 0 Å². The molecule has 54 heavy (non-hydrogen) atoms. The van der Waals surface area contributed by atoms with Gasteiger partial charge in [0.1, 0.15) is 35.4 Å². The third-order valence-electron chi connectivity index (χ3n) is 8.83. The van der Waals surface area contributed by atoms with Crippen molar-refractivity contribution in [3.05, 3.63) is 129 Å². The van der Waals surface area contributed by atoms with Crippen LogP contribution in [0.25, 0.3) is 0 Å². The molecule has 5 rings (SSSR count). The molecule has 14 heteroatoms. The van der Waals surface area contributed by atoms with Gasteiger partial charge in [-0.25, -0.2) is 9.46 Å². The SMILES string of the molecule is [2H]C([2H])([2H])O[C@@H]1[C@H](OP(OCCC#N)N(C(C)C)C(C)C)[C@@H](C([2H])([2H])OC(c2ccccc2)(c2ccc(OC)cc2)c2ccc(OC)cc2)O[C@H]1n1ccc(=O)[nH]c1=O. The van der Waals surface area contributed by atoms with Crippen LogP contribution in [0, 0.1) is 11.3 Å². The summed E-state index contributed by atoms with van der Waals surface area (Å²) in [6.07, 6.45) is -5.83. The topological polar surface area (TPSA) is 146 Å². The number of nitrogens with one attached hydrogen (secondary N) is 1. The minimum absolute atomic E-state index is 0.00529. The maximum atomic E-state index is 13.4. The van der Waals surface area contributed by atoms with Gasteiger partial charge in [0.2, 0.25) is 0 Å². The molecule has 1 fully saturated rings. The van der Waals surface area contributed by atoms with Crippen molar-refractivity contribution >= 4 is 8.53 Å². The number of hydrogen-bond donors (Lipinski definition) is 1. The van der Waals surface area contributed by atoms with E-state index >= 15 is 0 Å². The molecule has 5 atom stereocenters. The Labute approximate surface area is 324 Å². The summed E-state index contributed by atoms with van der Waals surface area (Å²) in [5, 5.41) is 9.38. The number of methoxy groups -OCH3 is 3. The largest absolute Gasteiger partial charge is 0.497 e. The highest BCUT2D eigenvalue weighted by atomic mass is 31.2. The number of benzene rings is 3. The summed E-state index contributed by atoms with van der Waals surface area (Å²) >= 11 is 0. The molecule has 2 heterocycles. The van der Waals surface area contributed by atoms with Crippen LogP contribution >= 0.6 is 8.53 Å². The predicted molar refractivity (Wildman–Crippen MR) is 204 cm³/mol. The zero-order valence-electron chi connectivity index (χ0n) is 36.0. The molecule has 3 aromatic carbocycles. The van der Waals surface area contributed by atoms with Gasteiger partial charge in [0.15, 0.2) is 6.23 Å².